The fraction of sp³-hybridized carbons (Fsp3) is 0.250. The zero-order valence-electron chi connectivity index (χ0n) is 15.5. The Balaban J connectivity index is 1.89. The second-order valence-electron chi connectivity index (χ2n) is 6.38. The standard InChI is InChI=1S/C20H23N5O/c1-14(26)25(4)20-22-18-8-6-5-7-17(18)19(23-20)21-13-15-9-11-16(12-10-15)24(2)3/h5-12H,13H2,1-4H3,(H,21,22,23). The monoisotopic (exact) mass is 349 g/mol. The Hall–Kier alpha value is -3.15. The zero-order valence-corrected chi connectivity index (χ0v) is 15.5. The van der Waals surface area contributed by atoms with Crippen LogP contribution < -0.4 is 15.1 Å². The number of nitrogens with zero attached hydrogens (tertiary/aromatic N) is 4. The number of amides is 1. The van der Waals surface area contributed by atoms with Crippen LogP contribution in [0.25, 0.3) is 10.9 Å². The van der Waals surface area contributed by atoms with Gasteiger partial charge in [0.2, 0.25) is 11.9 Å². The van der Waals surface area contributed by atoms with Gasteiger partial charge in [0, 0.05) is 45.7 Å². The first kappa shape index (κ1) is 17.7. The third-order valence-electron chi connectivity index (χ3n) is 4.28. The van der Waals surface area contributed by atoms with Crippen LogP contribution in [0.3, 0.4) is 0 Å². The number of benzene rings is 2. The molecule has 0 saturated carbocycles. The first-order chi connectivity index (χ1) is 12.5. The average Bonchev–Trinajstić information content (AvgIpc) is 2.65. The van der Waals surface area contributed by atoms with E-state index in [4.69, 9.17) is 0 Å². The fourth-order valence-electron chi connectivity index (χ4n) is 2.59. The number of anilines is 3. The number of fused-ring (bicyclic) bond motifs is 1. The summed E-state index contributed by atoms with van der Waals surface area (Å²) in [7, 11) is 5.72. The Morgan fingerprint density at radius 1 is 1.00 bits per heavy atom. The number of para-hydroxylation sites is 1. The van der Waals surface area contributed by atoms with E-state index < -0.39 is 0 Å². The summed E-state index contributed by atoms with van der Waals surface area (Å²) in [4.78, 5) is 24.2. The van der Waals surface area contributed by atoms with Gasteiger partial charge >= 0.3 is 0 Å². The molecule has 2 aromatic carbocycles. The molecular weight excluding hydrogens is 326 g/mol. The molecule has 6 heteroatoms. The Morgan fingerprint density at radius 2 is 1.69 bits per heavy atom. The van der Waals surface area contributed by atoms with Gasteiger partial charge in [0.15, 0.2) is 0 Å². The predicted octanol–water partition coefficient (Wildman–Crippen LogP) is 3.29. The molecule has 6 nitrogen and oxygen atoms in total. The lowest BCUT2D eigenvalue weighted by Gasteiger charge is -2.16. The van der Waals surface area contributed by atoms with Crippen LogP contribution >= 0.6 is 0 Å². The van der Waals surface area contributed by atoms with E-state index in [1.807, 2.05) is 38.4 Å². The molecule has 3 rings (SSSR count). The summed E-state index contributed by atoms with van der Waals surface area (Å²) in [6.45, 7) is 2.13. The number of aromatic nitrogens is 2. The highest BCUT2D eigenvalue weighted by atomic mass is 16.2. The van der Waals surface area contributed by atoms with Crippen molar-refractivity contribution in [1.82, 2.24) is 9.97 Å². The molecule has 0 saturated heterocycles. The number of rotatable bonds is 5. The molecule has 1 heterocycles. The van der Waals surface area contributed by atoms with Gasteiger partial charge in [-0.3, -0.25) is 9.69 Å². The molecule has 0 unspecified atom stereocenters. The summed E-state index contributed by atoms with van der Waals surface area (Å²) >= 11 is 0. The van der Waals surface area contributed by atoms with Gasteiger partial charge < -0.3 is 10.2 Å². The Kier molecular flexibility index (Phi) is 5.02. The Labute approximate surface area is 153 Å². The van der Waals surface area contributed by atoms with Crippen molar-refractivity contribution in [2.75, 3.05) is 36.3 Å². The highest BCUT2D eigenvalue weighted by Gasteiger charge is 2.13. The number of hydrogen-bond acceptors (Lipinski definition) is 5. The highest BCUT2D eigenvalue weighted by Crippen LogP contribution is 2.24. The third-order valence-corrected chi connectivity index (χ3v) is 4.28. The molecule has 0 radical (unpaired) electrons. The normalized spacial score (nSPS) is 10.6. The van der Waals surface area contributed by atoms with Crippen LogP contribution in [-0.2, 0) is 11.3 Å². The van der Waals surface area contributed by atoms with E-state index in [0.717, 1.165) is 28.0 Å². The van der Waals surface area contributed by atoms with Gasteiger partial charge in [0.25, 0.3) is 0 Å². The molecule has 1 aromatic heterocycles. The van der Waals surface area contributed by atoms with Crippen LogP contribution in [0, 0.1) is 0 Å². The third kappa shape index (κ3) is 3.74. The van der Waals surface area contributed by atoms with E-state index in [1.165, 1.54) is 11.8 Å². The lowest BCUT2D eigenvalue weighted by Crippen LogP contribution is -2.25. The van der Waals surface area contributed by atoms with E-state index in [9.17, 15) is 4.79 Å². The quantitative estimate of drug-likeness (QED) is 0.766. The summed E-state index contributed by atoms with van der Waals surface area (Å²) in [5.74, 6) is 1.00. The van der Waals surface area contributed by atoms with Crippen molar-refractivity contribution in [1.29, 1.82) is 0 Å². The van der Waals surface area contributed by atoms with Gasteiger partial charge in [0.05, 0.1) is 5.52 Å². The summed E-state index contributed by atoms with van der Waals surface area (Å²) in [5.41, 5.74) is 3.11. The molecule has 0 aliphatic carbocycles. The van der Waals surface area contributed by atoms with Gasteiger partial charge in [-0.25, -0.2) is 4.98 Å². The Morgan fingerprint density at radius 3 is 2.35 bits per heavy atom. The Bertz CT molecular complexity index is 921. The molecule has 3 aromatic rings. The first-order valence-electron chi connectivity index (χ1n) is 8.47. The van der Waals surface area contributed by atoms with Crippen LogP contribution in [0.1, 0.15) is 12.5 Å². The molecule has 0 spiro atoms. The maximum Gasteiger partial charge on any atom is 0.234 e. The minimum Gasteiger partial charge on any atom is -0.378 e. The lowest BCUT2D eigenvalue weighted by molar-refractivity contribution is -0.116. The van der Waals surface area contributed by atoms with Crippen LogP contribution in [0.15, 0.2) is 48.5 Å². The summed E-state index contributed by atoms with van der Waals surface area (Å²) in [6.07, 6.45) is 0. The zero-order chi connectivity index (χ0) is 18.7. The lowest BCUT2D eigenvalue weighted by atomic mass is 10.2. The van der Waals surface area contributed by atoms with Crippen molar-refractivity contribution in [3.63, 3.8) is 0 Å². The number of carbonyl (C=O) groups excluding carboxylic acids is 1. The fourth-order valence-corrected chi connectivity index (χ4v) is 2.59. The first-order valence-corrected chi connectivity index (χ1v) is 8.47. The number of nitrogens with one attached hydrogen (secondary N) is 1. The van der Waals surface area contributed by atoms with E-state index in [2.05, 4.69) is 44.5 Å². The molecule has 0 atom stereocenters. The van der Waals surface area contributed by atoms with Crippen molar-refractivity contribution < 1.29 is 4.79 Å². The molecule has 1 N–H and O–H groups in total. The molecule has 0 bridgehead atoms. The van der Waals surface area contributed by atoms with Crippen molar-refractivity contribution in [2.24, 2.45) is 0 Å². The molecular formula is C20H23N5O. The number of hydrogen-bond donors (Lipinski definition) is 1. The van der Waals surface area contributed by atoms with Gasteiger partial charge in [0.1, 0.15) is 5.82 Å². The molecule has 26 heavy (non-hydrogen) atoms. The van der Waals surface area contributed by atoms with Gasteiger partial charge in [-0.05, 0) is 29.8 Å². The maximum absolute atomic E-state index is 11.7. The van der Waals surface area contributed by atoms with Gasteiger partial charge in [-0.2, -0.15) is 4.98 Å². The van der Waals surface area contributed by atoms with Crippen LogP contribution in [0.2, 0.25) is 0 Å². The molecule has 0 aliphatic heterocycles. The SMILES string of the molecule is CC(=O)N(C)c1nc(NCc2ccc(N(C)C)cc2)c2ccccc2n1. The van der Waals surface area contributed by atoms with Gasteiger partial charge in [-0.15, -0.1) is 0 Å². The van der Waals surface area contributed by atoms with E-state index in [0.29, 0.717) is 12.5 Å². The van der Waals surface area contributed by atoms with E-state index in [1.54, 1.807) is 7.05 Å². The van der Waals surface area contributed by atoms with Gasteiger partial charge in [-0.1, -0.05) is 24.3 Å². The summed E-state index contributed by atoms with van der Waals surface area (Å²) in [5, 5.41) is 4.31. The van der Waals surface area contributed by atoms with Crippen LogP contribution in [0.4, 0.5) is 17.5 Å². The van der Waals surface area contributed by atoms with E-state index >= 15 is 0 Å². The molecule has 134 valence electrons. The molecule has 1 amide bonds. The second-order valence-corrected chi connectivity index (χ2v) is 6.38. The molecule has 0 fully saturated rings. The van der Waals surface area contributed by atoms with Crippen LogP contribution in [-0.4, -0.2) is 37.0 Å². The highest BCUT2D eigenvalue weighted by molar-refractivity contribution is 5.94. The second kappa shape index (κ2) is 7.39. The summed E-state index contributed by atoms with van der Waals surface area (Å²) < 4.78 is 0. The van der Waals surface area contributed by atoms with Crippen molar-refractivity contribution >= 4 is 34.3 Å². The van der Waals surface area contributed by atoms with Crippen molar-refractivity contribution in [3.8, 4) is 0 Å². The van der Waals surface area contributed by atoms with Crippen molar-refractivity contribution in [3.05, 3.63) is 54.1 Å². The van der Waals surface area contributed by atoms with Crippen molar-refractivity contribution in [2.45, 2.75) is 13.5 Å². The predicted molar refractivity (Wildman–Crippen MR) is 107 cm³/mol. The smallest absolute Gasteiger partial charge is 0.234 e. The molecule has 0 aliphatic rings. The maximum atomic E-state index is 11.7. The largest absolute Gasteiger partial charge is 0.378 e. The minimum atomic E-state index is -0.106. The van der Waals surface area contributed by atoms with E-state index in [-0.39, 0.29) is 5.91 Å². The minimum absolute atomic E-state index is 0.106. The number of carbonyl (C=O) groups is 1. The van der Waals surface area contributed by atoms with Crippen LogP contribution in [0.5, 0.6) is 0 Å². The average molecular weight is 349 g/mol. The summed E-state index contributed by atoms with van der Waals surface area (Å²) in [6, 6.07) is 16.1. The topological polar surface area (TPSA) is 61.4 Å².